The first-order valence-corrected chi connectivity index (χ1v) is 5.06. The van der Waals surface area contributed by atoms with Crippen molar-refractivity contribution in [3.63, 3.8) is 0 Å². The molecule has 0 saturated heterocycles. The highest BCUT2D eigenvalue weighted by Gasteiger charge is 2.30. The minimum atomic E-state index is -2.93. The quantitative estimate of drug-likeness (QED) is 0.815. The molecular weight excluding hydrogens is 198 g/mol. The molecule has 0 bridgehead atoms. The molecule has 1 aromatic carbocycles. The predicted molar refractivity (Wildman–Crippen MR) is 56.1 cm³/mol. The Kier molecular flexibility index (Phi) is 3.80. The van der Waals surface area contributed by atoms with Crippen molar-refractivity contribution < 1.29 is 13.9 Å². The van der Waals surface area contributed by atoms with E-state index in [4.69, 9.17) is 5.11 Å². The maximum atomic E-state index is 13.3. The van der Waals surface area contributed by atoms with E-state index in [9.17, 15) is 8.78 Å². The van der Waals surface area contributed by atoms with Gasteiger partial charge in [-0.1, -0.05) is 38.1 Å². The van der Waals surface area contributed by atoms with Gasteiger partial charge >= 0.3 is 0 Å². The van der Waals surface area contributed by atoms with Crippen LogP contribution in [0.2, 0.25) is 0 Å². The number of hydrogen-bond donors (Lipinski definition) is 1. The summed E-state index contributed by atoms with van der Waals surface area (Å²) < 4.78 is 26.7. The maximum Gasteiger partial charge on any atom is 0.275 e. The van der Waals surface area contributed by atoms with Gasteiger partial charge in [0, 0.05) is 18.6 Å². The second-order valence-corrected chi connectivity index (χ2v) is 3.95. The monoisotopic (exact) mass is 214 g/mol. The fourth-order valence-corrected chi connectivity index (χ4v) is 1.40. The first-order valence-electron chi connectivity index (χ1n) is 5.06. The van der Waals surface area contributed by atoms with Crippen LogP contribution in [-0.4, -0.2) is 11.7 Å². The van der Waals surface area contributed by atoms with Crippen LogP contribution >= 0.6 is 0 Å². The van der Waals surface area contributed by atoms with Crippen molar-refractivity contribution in [1.82, 2.24) is 0 Å². The second-order valence-electron chi connectivity index (χ2n) is 3.95. The molecule has 0 aromatic heterocycles. The van der Waals surface area contributed by atoms with Crippen LogP contribution in [0.25, 0.3) is 0 Å². The van der Waals surface area contributed by atoms with Crippen molar-refractivity contribution in [3.05, 3.63) is 35.4 Å². The number of hydrogen-bond acceptors (Lipinski definition) is 1. The Morgan fingerprint density at radius 1 is 1.20 bits per heavy atom. The molecule has 0 atom stereocenters. The lowest BCUT2D eigenvalue weighted by atomic mass is 9.99. The van der Waals surface area contributed by atoms with E-state index in [2.05, 4.69) is 0 Å². The lowest BCUT2D eigenvalue weighted by Crippen LogP contribution is -2.15. The van der Waals surface area contributed by atoms with E-state index in [1.807, 2.05) is 13.8 Å². The van der Waals surface area contributed by atoms with Gasteiger partial charge in [0.2, 0.25) is 0 Å². The van der Waals surface area contributed by atoms with Gasteiger partial charge in [-0.25, -0.2) is 8.78 Å². The highest BCUT2D eigenvalue weighted by molar-refractivity contribution is 5.27. The van der Waals surface area contributed by atoms with E-state index < -0.39 is 19.0 Å². The molecule has 0 spiro atoms. The van der Waals surface area contributed by atoms with Crippen LogP contribution < -0.4 is 0 Å². The van der Waals surface area contributed by atoms with Crippen molar-refractivity contribution >= 4 is 0 Å². The maximum absolute atomic E-state index is 13.3. The first kappa shape index (κ1) is 12.1. The SMILES string of the molecule is CC(C)c1ccc(C(F)(F)CCO)cc1. The fraction of sp³-hybridized carbons (Fsp3) is 0.500. The Hall–Kier alpha value is -0.960. The van der Waals surface area contributed by atoms with Gasteiger partial charge in [-0.05, 0) is 11.5 Å². The second kappa shape index (κ2) is 4.71. The molecule has 0 aliphatic carbocycles. The molecular formula is C12H16F2O. The number of halogens is 2. The summed E-state index contributed by atoms with van der Waals surface area (Å²) in [6.45, 7) is 3.53. The Balaban J connectivity index is 2.88. The van der Waals surface area contributed by atoms with Crippen LogP contribution in [-0.2, 0) is 5.92 Å². The molecule has 3 heteroatoms. The summed E-state index contributed by atoms with van der Waals surface area (Å²) in [5, 5.41) is 8.53. The molecule has 0 aliphatic heterocycles. The molecule has 1 nitrogen and oxygen atoms in total. The zero-order chi connectivity index (χ0) is 11.5. The Labute approximate surface area is 88.7 Å². The number of aliphatic hydroxyl groups excluding tert-OH is 1. The van der Waals surface area contributed by atoms with Crippen LogP contribution in [0.1, 0.15) is 37.3 Å². The van der Waals surface area contributed by atoms with E-state index in [0.717, 1.165) is 5.56 Å². The van der Waals surface area contributed by atoms with Crippen LogP contribution in [0.4, 0.5) is 8.78 Å². The summed E-state index contributed by atoms with van der Waals surface area (Å²) in [6.07, 6.45) is -0.520. The molecule has 0 fully saturated rings. The number of alkyl halides is 2. The molecule has 15 heavy (non-hydrogen) atoms. The van der Waals surface area contributed by atoms with Gasteiger partial charge in [0.15, 0.2) is 0 Å². The zero-order valence-corrected chi connectivity index (χ0v) is 9.00. The van der Waals surface area contributed by atoms with Gasteiger partial charge < -0.3 is 5.11 Å². The minimum Gasteiger partial charge on any atom is -0.396 e. The van der Waals surface area contributed by atoms with Crippen molar-refractivity contribution in [3.8, 4) is 0 Å². The van der Waals surface area contributed by atoms with E-state index in [-0.39, 0.29) is 5.56 Å². The van der Waals surface area contributed by atoms with Crippen LogP contribution in [0.5, 0.6) is 0 Å². The summed E-state index contributed by atoms with van der Waals surface area (Å²) in [7, 11) is 0. The summed E-state index contributed by atoms with van der Waals surface area (Å²) in [4.78, 5) is 0. The molecule has 0 heterocycles. The average molecular weight is 214 g/mol. The molecule has 1 rings (SSSR count). The van der Waals surface area contributed by atoms with E-state index in [1.165, 1.54) is 12.1 Å². The van der Waals surface area contributed by atoms with Crippen LogP contribution in [0.15, 0.2) is 24.3 Å². The highest BCUT2D eigenvalue weighted by atomic mass is 19.3. The van der Waals surface area contributed by atoms with Crippen molar-refractivity contribution in [2.24, 2.45) is 0 Å². The lowest BCUT2D eigenvalue weighted by molar-refractivity contribution is -0.0269. The molecule has 1 aromatic rings. The summed E-state index contributed by atoms with van der Waals surface area (Å²) in [5.74, 6) is -2.59. The minimum absolute atomic E-state index is 0.0269. The third kappa shape index (κ3) is 2.99. The lowest BCUT2D eigenvalue weighted by Gasteiger charge is -2.16. The average Bonchev–Trinajstić information content (AvgIpc) is 2.18. The van der Waals surface area contributed by atoms with Crippen molar-refractivity contribution in [2.45, 2.75) is 32.1 Å². The van der Waals surface area contributed by atoms with Gasteiger partial charge in [0.25, 0.3) is 5.92 Å². The van der Waals surface area contributed by atoms with E-state index >= 15 is 0 Å². The van der Waals surface area contributed by atoms with Gasteiger partial charge in [-0.3, -0.25) is 0 Å². The number of aliphatic hydroxyl groups is 1. The number of benzene rings is 1. The molecule has 1 N–H and O–H groups in total. The van der Waals surface area contributed by atoms with E-state index in [0.29, 0.717) is 5.92 Å². The molecule has 0 amide bonds. The molecule has 0 radical (unpaired) electrons. The third-order valence-corrected chi connectivity index (χ3v) is 2.43. The van der Waals surface area contributed by atoms with Crippen LogP contribution in [0.3, 0.4) is 0 Å². The van der Waals surface area contributed by atoms with Gasteiger partial charge in [0.1, 0.15) is 0 Å². The molecule has 84 valence electrons. The Morgan fingerprint density at radius 2 is 1.73 bits per heavy atom. The normalized spacial score (nSPS) is 12.1. The Bertz CT molecular complexity index is 304. The van der Waals surface area contributed by atoms with Gasteiger partial charge in [-0.15, -0.1) is 0 Å². The summed E-state index contributed by atoms with van der Waals surface area (Å²) in [6, 6.07) is 6.30. The van der Waals surface area contributed by atoms with Crippen molar-refractivity contribution in [1.29, 1.82) is 0 Å². The fourth-order valence-electron chi connectivity index (χ4n) is 1.40. The Morgan fingerprint density at radius 3 is 2.13 bits per heavy atom. The topological polar surface area (TPSA) is 20.2 Å². The molecule has 0 aliphatic rings. The summed E-state index contributed by atoms with van der Waals surface area (Å²) >= 11 is 0. The highest BCUT2D eigenvalue weighted by Crippen LogP contribution is 2.31. The zero-order valence-electron chi connectivity index (χ0n) is 9.00. The largest absolute Gasteiger partial charge is 0.396 e. The van der Waals surface area contributed by atoms with Gasteiger partial charge in [0.05, 0.1) is 0 Å². The smallest absolute Gasteiger partial charge is 0.275 e. The van der Waals surface area contributed by atoms with Gasteiger partial charge in [-0.2, -0.15) is 0 Å². The third-order valence-electron chi connectivity index (χ3n) is 2.43. The predicted octanol–water partition coefficient (Wildman–Crippen LogP) is 3.28. The summed E-state index contributed by atoms with van der Waals surface area (Å²) in [5.41, 5.74) is 1.01. The van der Waals surface area contributed by atoms with Crippen LogP contribution in [0, 0.1) is 0 Å². The first-order chi connectivity index (χ1) is 6.97. The number of rotatable bonds is 4. The molecule has 0 unspecified atom stereocenters. The van der Waals surface area contributed by atoms with Crippen molar-refractivity contribution in [2.75, 3.05) is 6.61 Å². The van der Waals surface area contributed by atoms with E-state index in [1.54, 1.807) is 12.1 Å². The molecule has 0 saturated carbocycles. The standard InChI is InChI=1S/C12H16F2O/c1-9(2)10-3-5-11(6-4-10)12(13,14)7-8-15/h3-6,9,15H,7-8H2,1-2H3.